The summed E-state index contributed by atoms with van der Waals surface area (Å²) >= 11 is 0. The van der Waals surface area contributed by atoms with E-state index in [1.807, 2.05) is 0 Å². The number of sulfone groups is 2. The summed E-state index contributed by atoms with van der Waals surface area (Å²) in [5.74, 6) is -1.96. The van der Waals surface area contributed by atoms with Crippen LogP contribution in [-0.2, 0) is 19.7 Å². The van der Waals surface area contributed by atoms with Crippen molar-refractivity contribution in [3.63, 3.8) is 0 Å². The van der Waals surface area contributed by atoms with Crippen molar-refractivity contribution in [1.29, 1.82) is 0 Å². The zero-order chi connectivity index (χ0) is 25.5. The molecule has 0 saturated carbocycles. The minimum atomic E-state index is -6.35. The first-order valence-corrected chi connectivity index (χ1v) is 12.1. The Kier molecular flexibility index (Phi) is 7.39. The molecule has 2 rings (SSSR count). The Balaban J connectivity index is 2.84. The molecule has 1 aliphatic rings. The quantitative estimate of drug-likeness (QED) is 0.528. The van der Waals surface area contributed by atoms with Gasteiger partial charge < -0.3 is 0 Å². The summed E-state index contributed by atoms with van der Waals surface area (Å²) in [6.45, 7) is 0. The topological polar surface area (TPSA) is 68.3 Å². The lowest BCUT2D eigenvalue weighted by Crippen LogP contribution is -2.42. The van der Waals surface area contributed by atoms with Gasteiger partial charge in [-0.15, -0.1) is 0 Å². The highest BCUT2D eigenvalue weighted by atomic mass is 32.3. The van der Waals surface area contributed by atoms with Crippen LogP contribution in [0.2, 0.25) is 0 Å². The van der Waals surface area contributed by atoms with Crippen LogP contribution in [0.1, 0.15) is 19.3 Å². The molecule has 1 atom stereocenters. The number of allylic oxidation sites excluding steroid dienone is 1. The lowest BCUT2D eigenvalue weighted by Gasteiger charge is -2.24. The van der Waals surface area contributed by atoms with Crippen LogP contribution in [0.4, 0.5) is 39.5 Å². The van der Waals surface area contributed by atoms with Crippen LogP contribution < -0.4 is 10.4 Å². The summed E-state index contributed by atoms with van der Waals surface area (Å²) in [4.78, 5) is 0. The first kappa shape index (κ1) is 27.2. The zero-order valence-electron chi connectivity index (χ0n) is 16.2. The van der Waals surface area contributed by atoms with Crippen molar-refractivity contribution in [2.24, 2.45) is 0 Å². The molecule has 186 valence electrons. The smallest absolute Gasteiger partial charge is 0.223 e. The normalized spacial score (nSPS) is 18.1. The van der Waals surface area contributed by atoms with E-state index in [1.165, 1.54) is 30.3 Å². The van der Waals surface area contributed by atoms with Crippen molar-refractivity contribution >= 4 is 31.8 Å². The van der Waals surface area contributed by atoms with Gasteiger partial charge in [0.05, 0.1) is 18.6 Å². The zero-order valence-corrected chi connectivity index (χ0v) is 17.9. The largest absolute Gasteiger partial charge is 0.406 e. The third-order valence-corrected chi connectivity index (χ3v) is 9.47. The molecule has 0 aliphatic heterocycles. The summed E-state index contributed by atoms with van der Waals surface area (Å²) in [7, 11) is -12.0. The van der Waals surface area contributed by atoms with E-state index in [9.17, 15) is 56.3 Å². The molecule has 0 N–H and O–H groups in total. The second-order valence-electron chi connectivity index (χ2n) is 7.07. The highest BCUT2D eigenvalue weighted by Crippen LogP contribution is 2.40. The predicted molar refractivity (Wildman–Crippen MR) is 100 cm³/mol. The fourth-order valence-corrected chi connectivity index (χ4v) is 7.85. The van der Waals surface area contributed by atoms with Crippen molar-refractivity contribution in [3.05, 3.63) is 44.5 Å². The van der Waals surface area contributed by atoms with Gasteiger partial charge in [0.25, 0.3) is 0 Å². The molecule has 1 aromatic rings. The van der Waals surface area contributed by atoms with Gasteiger partial charge in [0.1, 0.15) is 0 Å². The number of hydrogen-bond donors (Lipinski definition) is 0. The van der Waals surface area contributed by atoms with Crippen molar-refractivity contribution in [2.45, 2.75) is 43.0 Å². The van der Waals surface area contributed by atoms with Gasteiger partial charge >= 0.3 is 18.5 Å². The number of benzene rings is 1. The minimum Gasteiger partial charge on any atom is -0.223 e. The first-order valence-electron chi connectivity index (χ1n) is 8.91. The molecule has 15 heteroatoms. The molecule has 0 saturated heterocycles. The van der Waals surface area contributed by atoms with Crippen LogP contribution in [0.15, 0.2) is 34.1 Å². The molecule has 0 bridgehead atoms. The Bertz CT molecular complexity index is 1250. The maximum absolute atomic E-state index is 13.4. The van der Waals surface area contributed by atoms with Crippen LogP contribution in [0.3, 0.4) is 0 Å². The number of fused-ring (bicyclic) bond motifs is 1. The van der Waals surface area contributed by atoms with Crippen LogP contribution >= 0.6 is 0 Å². The number of hydrogen-bond acceptors (Lipinski definition) is 4. The van der Waals surface area contributed by atoms with Crippen LogP contribution in [0, 0.1) is 0 Å². The van der Waals surface area contributed by atoms with E-state index in [1.54, 1.807) is 0 Å². The van der Waals surface area contributed by atoms with Gasteiger partial charge in [-0.05, 0) is 28.5 Å². The Hall–Kier alpha value is -2.03. The molecule has 0 amide bonds. The van der Waals surface area contributed by atoms with Crippen molar-refractivity contribution in [3.8, 4) is 0 Å². The van der Waals surface area contributed by atoms with E-state index in [2.05, 4.69) is 0 Å². The average molecular weight is 530 g/mol. The Morgan fingerprint density at radius 3 is 1.88 bits per heavy atom. The molecule has 0 fully saturated rings. The maximum Gasteiger partial charge on any atom is 0.406 e. The van der Waals surface area contributed by atoms with Gasteiger partial charge in [0.15, 0.2) is 19.3 Å². The van der Waals surface area contributed by atoms with Crippen LogP contribution in [0.5, 0.6) is 0 Å². The van der Waals surface area contributed by atoms with Gasteiger partial charge in [-0.3, -0.25) is 0 Å². The van der Waals surface area contributed by atoms with E-state index >= 15 is 0 Å². The first-order chi connectivity index (χ1) is 14.7. The Labute approximate surface area is 181 Å². The summed E-state index contributed by atoms with van der Waals surface area (Å²) in [6.07, 6.45) is -20.6. The predicted octanol–water partition coefficient (Wildman–Crippen LogP) is 3.53. The summed E-state index contributed by atoms with van der Waals surface area (Å²) in [6, 6.07) is 5.73. The second kappa shape index (κ2) is 8.96. The summed E-state index contributed by atoms with van der Waals surface area (Å²) in [5.41, 5.74) is -0.854. The van der Waals surface area contributed by atoms with Gasteiger partial charge in [-0.25, -0.2) is 16.8 Å². The third kappa shape index (κ3) is 6.98. The van der Waals surface area contributed by atoms with Crippen molar-refractivity contribution in [1.82, 2.24) is 0 Å². The van der Waals surface area contributed by atoms with E-state index in [0.717, 1.165) is 6.08 Å². The molecule has 33 heavy (non-hydrogen) atoms. The second-order valence-corrected chi connectivity index (χ2v) is 11.4. The molecular weight excluding hydrogens is 515 g/mol. The molecule has 4 nitrogen and oxygen atoms in total. The molecule has 1 aliphatic carbocycles. The Morgan fingerprint density at radius 1 is 0.848 bits per heavy atom. The van der Waals surface area contributed by atoms with E-state index < -0.39 is 78.3 Å². The highest BCUT2D eigenvalue weighted by molar-refractivity contribution is 8.14. The molecule has 0 heterocycles. The lowest BCUT2D eigenvalue weighted by atomic mass is 10.0. The van der Waals surface area contributed by atoms with E-state index in [0.29, 0.717) is 5.22 Å². The SMILES string of the molecule is O=S(=O)(CCC(F)(F)F)C(=C1C=c2ccccc2=CC1)S(=O)(=O)C(CC(F)(F)F)C(F)(F)F. The molecule has 0 spiro atoms. The van der Waals surface area contributed by atoms with Crippen LogP contribution in [-0.4, -0.2) is 46.4 Å². The highest BCUT2D eigenvalue weighted by Gasteiger charge is 2.57. The molecular formula is C18H15F9O4S2. The van der Waals surface area contributed by atoms with E-state index in [4.69, 9.17) is 0 Å². The standard InChI is InChI=1S/C18H15F9O4S2/c19-16(20,21)7-8-32(28,29)15(13-6-5-11-3-1-2-4-12(11)9-13)33(30,31)14(18(25,26)27)10-17(22,23)24/h1-5,9,14H,6-8,10H2. The van der Waals surface area contributed by atoms with Gasteiger partial charge in [0.2, 0.25) is 9.84 Å². The van der Waals surface area contributed by atoms with E-state index in [-0.39, 0.29) is 5.22 Å². The number of alkyl halides is 9. The third-order valence-electron chi connectivity index (χ3n) is 4.48. The minimum absolute atomic E-state index is 0.122. The summed E-state index contributed by atoms with van der Waals surface area (Å²) in [5, 5.41) is -3.69. The Morgan fingerprint density at radius 2 is 1.39 bits per heavy atom. The van der Waals surface area contributed by atoms with Gasteiger partial charge in [-0.2, -0.15) is 39.5 Å². The monoisotopic (exact) mass is 530 g/mol. The average Bonchev–Trinajstić information content (AvgIpc) is 2.62. The molecule has 0 radical (unpaired) electrons. The van der Waals surface area contributed by atoms with Gasteiger partial charge in [-0.1, -0.05) is 30.3 Å². The van der Waals surface area contributed by atoms with Crippen LogP contribution in [0.25, 0.3) is 12.2 Å². The number of halogens is 9. The fourth-order valence-electron chi connectivity index (χ4n) is 3.08. The number of rotatable bonds is 6. The molecule has 1 unspecified atom stereocenters. The lowest BCUT2D eigenvalue weighted by molar-refractivity contribution is -0.179. The van der Waals surface area contributed by atoms with Crippen molar-refractivity contribution in [2.75, 3.05) is 5.75 Å². The summed E-state index contributed by atoms with van der Waals surface area (Å²) < 4.78 is 165. The van der Waals surface area contributed by atoms with Gasteiger partial charge in [0, 0.05) is 0 Å². The molecule has 1 aromatic carbocycles. The van der Waals surface area contributed by atoms with Crippen molar-refractivity contribution < 1.29 is 56.3 Å². The maximum atomic E-state index is 13.4. The fraction of sp³-hybridized carbons (Fsp3) is 0.444. The molecule has 0 aromatic heterocycles.